The largest absolute Gasteiger partial charge is 0.313 e. The molecule has 3 aromatic rings. The minimum absolute atomic E-state index is 0.329. The van der Waals surface area contributed by atoms with Gasteiger partial charge in [0.15, 0.2) is 5.65 Å². The molecule has 4 nitrogen and oxygen atoms in total. The Morgan fingerprint density at radius 1 is 1.14 bits per heavy atom. The van der Waals surface area contributed by atoms with Gasteiger partial charge in [-0.15, -0.1) is 0 Å². The first-order chi connectivity index (χ1) is 10.2. The highest BCUT2D eigenvalue weighted by Crippen LogP contribution is 2.22. The van der Waals surface area contributed by atoms with Crippen LogP contribution in [0.5, 0.6) is 0 Å². The van der Waals surface area contributed by atoms with Gasteiger partial charge >= 0.3 is 0 Å². The van der Waals surface area contributed by atoms with Crippen LogP contribution in [0.3, 0.4) is 0 Å². The number of hydrogen-bond acceptors (Lipinski definition) is 3. The Morgan fingerprint density at radius 2 is 1.90 bits per heavy atom. The van der Waals surface area contributed by atoms with Gasteiger partial charge in [-0.3, -0.25) is 0 Å². The molecule has 0 atom stereocenters. The maximum Gasteiger partial charge on any atom is 0.163 e. The van der Waals surface area contributed by atoms with E-state index >= 15 is 0 Å². The zero-order chi connectivity index (χ0) is 14.8. The van der Waals surface area contributed by atoms with Gasteiger partial charge in [-0.1, -0.05) is 36.9 Å². The Kier molecular flexibility index (Phi) is 3.52. The quantitative estimate of drug-likeness (QED) is 0.731. The van der Waals surface area contributed by atoms with Gasteiger partial charge in [-0.05, 0) is 25.0 Å². The number of allylic oxidation sites excluding steroid dienone is 1. The zero-order valence-electron chi connectivity index (χ0n) is 12.3. The summed E-state index contributed by atoms with van der Waals surface area (Å²) in [6, 6.07) is 10.5. The lowest BCUT2D eigenvalue weighted by Gasteiger charge is -2.08. The van der Waals surface area contributed by atoms with Crippen LogP contribution in [0, 0.1) is 0 Å². The SMILES string of the molecule is C=C(Cc1ncnc2c1ncn2C(C)C)c1ccccc1. The van der Waals surface area contributed by atoms with E-state index in [4.69, 9.17) is 0 Å². The first-order valence-electron chi connectivity index (χ1n) is 7.06. The maximum atomic E-state index is 4.48. The molecule has 0 radical (unpaired) electrons. The van der Waals surface area contributed by atoms with E-state index in [9.17, 15) is 0 Å². The number of imidazole rings is 1. The van der Waals surface area contributed by atoms with E-state index in [-0.39, 0.29) is 0 Å². The number of hydrogen-bond donors (Lipinski definition) is 0. The fourth-order valence-corrected chi connectivity index (χ4v) is 2.39. The van der Waals surface area contributed by atoms with Crippen LogP contribution in [0.1, 0.15) is 31.1 Å². The molecule has 0 aliphatic rings. The van der Waals surface area contributed by atoms with Gasteiger partial charge in [-0.25, -0.2) is 15.0 Å². The van der Waals surface area contributed by atoms with Gasteiger partial charge in [-0.2, -0.15) is 0 Å². The van der Waals surface area contributed by atoms with Crippen molar-refractivity contribution in [1.82, 2.24) is 19.5 Å². The summed E-state index contributed by atoms with van der Waals surface area (Å²) >= 11 is 0. The van der Waals surface area contributed by atoms with Gasteiger partial charge in [0.2, 0.25) is 0 Å². The van der Waals surface area contributed by atoms with E-state index in [2.05, 4.69) is 52.1 Å². The van der Waals surface area contributed by atoms with Gasteiger partial charge in [0.1, 0.15) is 11.8 Å². The molecule has 0 saturated carbocycles. The average Bonchev–Trinajstić information content (AvgIpc) is 2.93. The lowest BCUT2D eigenvalue weighted by molar-refractivity contribution is 0.612. The normalized spacial score (nSPS) is 11.2. The van der Waals surface area contributed by atoms with E-state index in [0.717, 1.165) is 28.0 Å². The van der Waals surface area contributed by atoms with E-state index in [1.807, 2.05) is 24.5 Å². The fraction of sp³-hybridized carbons (Fsp3) is 0.235. The Labute approximate surface area is 124 Å². The molecule has 4 heteroatoms. The standard InChI is InChI=1S/C17H18N4/c1-12(2)21-11-20-16-15(18-10-19-17(16)21)9-13(3)14-7-5-4-6-8-14/h4-8,10-12H,3,9H2,1-2H3. The molecule has 0 bridgehead atoms. The lowest BCUT2D eigenvalue weighted by Crippen LogP contribution is -2.01. The van der Waals surface area contributed by atoms with E-state index in [1.54, 1.807) is 6.33 Å². The summed E-state index contributed by atoms with van der Waals surface area (Å²) in [5, 5.41) is 0. The first kappa shape index (κ1) is 13.5. The number of nitrogens with zero attached hydrogens (tertiary/aromatic N) is 4. The summed E-state index contributed by atoms with van der Waals surface area (Å²) in [4.78, 5) is 13.2. The van der Waals surface area contributed by atoms with Crippen LogP contribution >= 0.6 is 0 Å². The predicted molar refractivity (Wildman–Crippen MR) is 84.9 cm³/mol. The topological polar surface area (TPSA) is 43.6 Å². The number of rotatable bonds is 4. The fourth-order valence-electron chi connectivity index (χ4n) is 2.39. The van der Waals surface area contributed by atoms with E-state index in [0.29, 0.717) is 12.5 Å². The van der Waals surface area contributed by atoms with Gasteiger partial charge < -0.3 is 4.57 Å². The minimum Gasteiger partial charge on any atom is -0.313 e. The number of benzene rings is 1. The predicted octanol–water partition coefficient (Wildman–Crippen LogP) is 3.66. The van der Waals surface area contributed by atoms with Crippen LogP contribution in [-0.4, -0.2) is 19.5 Å². The highest BCUT2D eigenvalue weighted by Gasteiger charge is 2.12. The summed E-state index contributed by atoms with van der Waals surface area (Å²) in [6.45, 7) is 8.41. The van der Waals surface area contributed by atoms with Crippen molar-refractivity contribution in [1.29, 1.82) is 0 Å². The summed E-state index contributed by atoms with van der Waals surface area (Å²) < 4.78 is 2.06. The first-order valence-corrected chi connectivity index (χ1v) is 7.06. The monoisotopic (exact) mass is 278 g/mol. The van der Waals surface area contributed by atoms with Gasteiger partial charge in [0.25, 0.3) is 0 Å². The Hall–Kier alpha value is -2.49. The van der Waals surface area contributed by atoms with Crippen molar-refractivity contribution in [3.8, 4) is 0 Å². The molecule has 0 amide bonds. The van der Waals surface area contributed by atoms with Gasteiger partial charge in [0.05, 0.1) is 12.0 Å². The maximum absolute atomic E-state index is 4.48. The summed E-state index contributed by atoms with van der Waals surface area (Å²) in [5.74, 6) is 0. The molecule has 2 heterocycles. The second-order valence-corrected chi connectivity index (χ2v) is 5.38. The highest BCUT2D eigenvalue weighted by atomic mass is 15.1. The van der Waals surface area contributed by atoms with Crippen molar-refractivity contribution in [2.24, 2.45) is 0 Å². The molecule has 0 spiro atoms. The molecule has 3 rings (SSSR count). The molecule has 0 saturated heterocycles. The van der Waals surface area contributed by atoms with Crippen LogP contribution < -0.4 is 0 Å². The third kappa shape index (κ3) is 2.57. The van der Waals surface area contributed by atoms with Crippen molar-refractivity contribution in [2.75, 3.05) is 0 Å². The van der Waals surface area contributed by atoms with Crippen LogP contribution in [0.4, 0.5) is 0 Å². The minimum atomic E-state index is 0.329. The highest BCUT2D eigenvalue weighted by molar-refractivity contribution is 5.76. The van der Waals surface area contributed by atoms with Crippen LogP contribution in [0.2, 0.25) is 0 Å². The molecule has 106 valence electrons. The van der Waals surface area contributed by atoms with Crippen LogP contribution in [0.25, 0.3) is 16.7 Å². The number of aromatic nitrogens is 4. The summed E-state index contributed by atoms with van der Waals surface area (Å²) in [5.41, 5.74) is 4.84. The Morgan fingerprint density at radius 3 is 2.62 bits per heavy atom. The second-order valence-electron chi connectivity index (χ2n) is 5.38. The molecule has 0 unspecified atom stereocenters. The zero-order valence-corrected chi connectivity index (χ0v) is 12.3. The molecule has 2 aromatic heterocycles. The average molecular weight is 278 g/mol. The molecule has 0 N–H and O–H groups in total. The van der Waals surface area contributed by atoms with Gasteiger partial charge in [0, 0.05) is 12.5 Å². The van der Waals surface area contributed by atoms with Crippen LogP contribution in [-0.2, 0) is 6.42 Å². The smallest absolute Gasteiger partial charge is 0.163 e. The molecule has 21 heavy (non-hydrogen) atoms. The Balaban J connectivity index is 1.96. The van der Waals surface area contributed by atoms with Crippen LogP contribution in [0.15, 0.2) is 49.6 Å². The molecular weight excluding hydrogens is 260 g/mol. The molecule has 0 aliphatic carbocycles. The van der Waals surface area contributed by atoms with Crippen molar-refractivity contribution in [3.63, 3.8) is 0 Å². The molecule has 0 fully saturated rings. The van der Waals surface area contributed by atoms with Crippen molar-refractivity contribution in [2.45, 2.75) is 26.3 Å². The Bertz CT molecular complexity index is 772. The number of fused-ring (bicyclic) bond motifs is 1. The summed E-state index contributed by atoms with van der Waals surface area (Å²) in [7, 11) is 0. The molecule has 0 aliphatic heterocycles. The molecule has 1 aromatic carbocycles. The van der Waals surface area contributed by atoms with Crippen molar-refractivity contribution >= 4 is 16.7 Å². The van der Waals surface area contributed by atoms with Crippen molar-refractivity contribution < 1.29 is 0 Å². The van der Waals surface area contributed by atoms with Crippen molar-refractivity contribution in [3.05, 3.63) is 60.8 Å². The third-order valence-corrected chi connectivity index (χ3v) is 3.55. The lowest BCUT2D eigenvalue weighted by atomic mass is 10.0. The molecular formula is C17H18N4. The second kappa shape index (κ2) is 5.48. The summed E-state index contributed by atoms with van der Waals surface area (Å²) in [6.07, 6.45) is 4.12. The van der Waals surface area contributed by atoms with E-state index in [1.165, 1.54) is 0 Å². The third-order valence-electron chi connectivity index (χ3n) is 3.55. The van der Waals surface area contributed by atoms with E-state index < -0.39 is 0 Å².